The number of methoxy groups -OCH3 is 1. The van der Waals surface area contributed by atoms with E-state index in [0.29, 0.717) is 11.3 Å². The zero-order valence-corrected chi connectivity index (χ0v) is 22.2. The molecule has 0 N–H and O–H groups in total. The highest BCUT2D eigenvalue weighted by atomic mass is 32.2. The van der Waals surface area contributed by atoms with Crippen LogP contribution in [0.25, 0.3) is 0 Å². The van der Waals surface area contributed by atoms with Crippen LogP contribution < -0.4 is 13.8 Å². The zero-order valence-electron chi connectivity index (χ0n) is 21.4. The van der Waals surface area contributed by atoms with E-state index < -0.39 is 10.1 Å². The summed E-state index contributed by atoms with van der Waals surface area (Å²) in [6.45, 7) is 13.6. The summed E-state index contributed by atoms with van der Waals surface area (Å²) in [5, 5.41) is 0. The Morgan fingerprint density at radius 1 is 0.971 bits per heavy atom. The Hall–Kier alpha value is -2.74. The van der Waals surface area contributed by atoms with Crippen molar-refractivity contribution in [3.63, 3.8) is 0 Å². The maximum atomic E-state index is 13.1. The summed E-state index contributed by atoms with van der Waals surface area (Å²) in [6, 6.07) is 11.6. The molecule has 0 fully saturated rings. The zero-order chi connectivity index (χ0) is 25.5. The Morgan fingerprint density at radius 3 is 2.09 bits per heavy atom. The van der Waals surface area contributed by atoms with Crippen molar-refractivity contribution in [3.8, 4) is 11.5 Å². The predicted octanol–water partition coefficient (Wildman–Crippen LogP) is 5.09. The van der Waals surface area contributed by atoms with Gasteiger partial charge in [0.2, 0.25) is 5.91 Å². The molecule has 7 nitrogen and oxygen atoms in total. The summed E-state index contributed by atoms with van der Waals surface area (Å²) in [5.74, 6) is 0.632. The molecular weight excluding hydrogens is 452 g/mol. The van der Waals surface area contributed by atoms with Gasteiger partial charge in [-0.25, -0.2) is 0 Å². The van der Waals surface area contributed by atoms with E-state index in [1.54, 1.807) is 23.1 Å². The van der Waals surface area contributed by atoms with Gasteiger partial charge < -0.3 is 18.7 Å². The van der Waals surface area contributed by atoms with Gasteiger partial charge in [0.1, 0.15) is 16.4 Å². The van der Waals surface area contributed by atoms with E-state index in [4.69, 9.17) is 8.92 Å². The molecule has 0 radical (unpaired) electrons. The third-order valence-electron chi connectivity index (χ3n) is 5.97. The minimum Gasteiger partial charge on any atom is -0.497 e. The molecule has 2 aromatic carbocycles. The second-order valence-electron chi connectivity index (χ2n) is 8.56. The molecule has 0 saturated carbocycles. The molecule has 1 unspecified atom stereocenters. The first-order valence-corrected chi connectivity index (χ1v) is 13.3. The third kappa shape index (κ3) is 6.65. The number of nitrogens with zero attached hydrogens (tertiary/aromatic N) is 2. The van der Waals surface area contributed by atoms with E-state index in [1.807, 2.05) is 53.7 Å². The normalized spacial score (nSPS) is 12.4. The number of amides is 1. The lowest BCUT2D eigenvalue weighted by molar-refractivity contribution is -0.137. The number of hydrogen-bond acceptors (Lipinski definition) is 6. The average molecular weight is 491 g/mol. The van der Waals surface area contributed by atoms with Crippen LogP contribution in [0.15, 0.2) is 47.4 Å². The van der Waals surface area contributed by atoms with E-state index in [2.05, 4.69) is 4.90 Å². The lowest BCUT2D eigenvalue weighted by Crippen LogP contribution is -2.40. The molecule has 1 atom stereocenters. The van der Waals surface area contributed by atoms with Gasteiger partial charge in [-0.15, -0.1) is 0 Å². The lowest BCUT2D eigenvalue weighted by Gasteiger charge is -2.31. The Labute approximate surface area is 204 Å². The second kappa shape index (κ2) is 12.1. The largest absolute Gasteiger partial charge is 0.497 e. The molecule has 0 spiro atoms. The van der Waals surface area contributed by atoms with Crippen molar-refractivity contribution in [3.05, 3.63) is 48.0 Å². The summed E-state index contributed by atoms with van der Waals surface area (Å²) in [7, 11) is -2.57. The summed E-state index contributed by atoms with van der Waals surface area (Å²) < 4.78 is 37.1. The first-order chi connectivity index (χ1) is 16.1. The van der Waals surface area contributed by atoms with Gasteiger partial charge in [-0.2, -0.15) is 8.42 Å². The number of anilines is 1. The van der Waals surface area contributed by atoms with Gasteiger partial charge in [0.25, 0.3) is 0 Å². The van der Waals surface area contributed by atoms with Crippen LogP contribution in [0, 0.1) is 5.92 Å². The molecule has 8 heteroatoms. The van der Waals surface area contributed by atoms with Crippen LogP contribution in [0.3, 0.4) is 0 Å². The van der Waals surface area contributed by atoms with Gasteiger partial charge in [-0.1, -0.05) is 26.8 Å². The maximum absolute atomic E-state index is 13.1. The van der Waals surface area contributed by atoms with Gasteiger partial charge in [0.05, 0.1) is 7.11 Å². The Morgan fingerprint density at radius 2 is 1.59 bits per heavy atom. The average Bonchev–Trinajstić information content (AvgIpc) is 2.83. The van der Waals surface area contributed by atoms with E-state index in [0.717, 1.165) is 25.2 Å². The topological polar surface area (TPSA) is 76.2 Å². The molecule has 34 heavy (non-hydrogen) atoms. The van der Waals surface area contributed by atoms with Crippen molar-refractivity contribution < 1.29 is 22.1 Å². The molecule has 1 amide bonds. The fourth-order valence-electron chi connectivity index (χ4n) is 3.63. The van der Waals surface area contributed by atoms with Gasteiger partial charge in [-0.3, -0.25) is 4.79 Å². The number of carbonyl (C=O) groups excluding carboxylic acids is 1. The van der Waals surface area contributed by atoms with Crippen molar-refractivity contribution in [1.29, 1.82) is 0 Å². The van der Waals surface area contributed by atoms with E-state index in [1.165, 1.54) is 19.2 Å². The van der Waals surface area contributed by atoms with Crippen LogP contribution in [0.1, 0.15) is 53.5 Å². The van der Waals surface area contributed by atoms with Gasteiger partial charge in [0, 0.05) is 48.9 Å². The van der Waals surface area contributed by atoms with Crippen molar-refractivity contribution in [2.75, 3.05) is 25.1 Å². The molecule has 0 aliphatic rings. The maximum Gasteiger partial charge on any atom is 0.339 e. The fourth-order valence-corrected chi connectivity index (χ4v) is 4.59. The van der Waals surface area contributed by atoms with Crippen LogP contribution >= 0.6 is 0 Å². The summed E-state index contributed by atoms with van der Waals surface area (Å²) >= 11 is 0. The quantitative estimate of drug-likeness (QED) is 0.386. The van der Waals surface area contributed by atoms with Gasteiger partial charge in [-0.05, 0) is 57.5 Å². The van der Waals surface area contributed by atoms with Crippen LogP contribution in [0.4, 0.5) is 5.69 Å². The highest BCUT2D eigenvalue weighted by molar-refractivity contribution is 7.87. The molecule has 2 aromatic rings. The monoisotopic (exact) mass is 490 g/mol. The van der Waals surface area contributed by atoms with Gasteiger partial charge in [0.15, 0.2) is 0 Å². The Bertz CT molecular complexity index is 1050. The summed E-state index contributed by atoms with van der Waals surface area (Å²) in [6.07, 6.45) is 0.788. The molecule has 188 valence electrons. The highest BCUT2D eigenvalue weighted by Crippen LogP contribution is 2.31. The molecule has 0 bridgehead atoms. The van der Waals surface area contributed by atoms with Crippen molar-refractivity contribution in [2.45, 2.75) is 65.4 Å². The van der Waals surface area contributed by atoms with Crippen molar-refractivity contribution in [2.24, 2.45) is 5.92 Å². The number of rotatable bonds is 12. The van der Waals surface area contributed by atoms with Crippen LogP contribution in [-0.2, 0) is 21.5 Å². The number of ether oxygens (including phenoxy) is 1. The first kappa shape index (κ1) is 27.5. The molecular formula is C26H38N2O5S. The molecule has 0 saturated heterocycles. The lowest BCUT2D eigenvalue weighted by atomic mass is 10.1. The highest BCUT2D eigenvalue weighted by Gasteiger charge is 2.25. The fraction of sp³-hybridized carbons (Fsp3) is 0.500. The van der Waals surface area contributed by atoms with Crippen LogP contribution in [-0.4, -0.2) is 45.5 Å². The second-order valence-corrected chi connectivity index (χ2v) is 10.1. The molecule has 2 rings (SSSR count). The first-order valence-electron chi connectivity index (χ1n) is 11.8. The van der Waals surface area contributed by atoms with Gasteiger partial charge >= 0.3 is 10.1 Å². The minimum absolute atomic E-state index is 0.00315. The molecule has 0 aliphatic carbocycles. The number of hydrogen-bond donors (Lipinski definition) is 0. The third-order valence-corrected chi connectivity index (χ3v) is 7.22. The summed E-state index contributed by atoms with van der Waals surface area (Å²) in [5.41, 5.74) is 1.50. The standard InChI is InChI=1S/C26H38N2O5S/c1-8-20(6)28(26(29)19(4)5)18-21-11-12-22(27(9-2)10-3)17-25(21)33-34(30,31)24-15-13-23(32-7)14-16-24/h11-17,19-20H,8-10,18H2,1-7H3. The van der Waals surface area contributed by atoms with E-state index >= 15 is 0 Å². The number of benzene rings is 2. The number of carbonyl (C=O) groups is 1. The molecule has 0 aromatic heterocycles. The smallest absolute Gasteiger partial charge is 0.339 e. The van der Waals surface area contributed by atoms with E-state index in [-0.39, 0.29) is 35.1 Å². The Balaban J connectivity index is 2.53. The Kier molecular flexibility index (Phi) is 9.79. The molecule has 0 heterocycles. The minimum atomic E-state index is -4.09. The predicted molar refractivity (Wildman–Crippen MR) is 136 cm³/mol. The SMILES string of the molecule is CCC(C)N(Cc1ccc(N(CC)CC)cc1OS(=O)(=O)c1ccc(OC)cc1)C(=O)C(C)C. The van der Waals surface area contributed by atoms with Crippen molar-refractivity contribution >= 4 is 21.7 Å². The summed E-state index contributed by atoms with van der Waals surface area (Å²) in [4.78, 5) is 16.9. The van der Waals surface area contributed by atoms with Crippen LogP contribution in [0.5, 0.6) is 11.5 Å². The van der Waals surface area contributed by atoms with Crippen molar-refractivity contribution in [1.82, 2.24) is 4.90 Å². The van der Waals surface area contributed by atoms with E-state index in [9.17, 15) is 13.2 Å². The molecule has 0 aliphatic heterocycles. The van der Waals surface area contributed by atoms with Crippen LogP contribution in [0.2, 0.25) is 0 Å².